The molecule has 1 amide bonds. The molecule has 3 heterocycles. The molecule has 0 saturated carbocycles. The van der Waals surface area contributed by atoms with Crippen molar-refractivity contribution in [3.63, 3.8) is 0 Å². The molecule has 136 valence electrons. The zero-order chi connectivity index (χ0) is 18.4. The quantitative estimate of drug-likeness (QED) is 0.588. The van der Waals surface area contributed by atoms with Gasteiger partial charge in [0.2, 0.25) is 0 Å². The maximum absolute atomic E-state index is 13.1. The van der Waals surface area contributed by atoms with Gasteiger partial charge in [0, 0.05) is 36.0 Å². The molecular weight excluding hydrogens is 338 g/mol. The van der Waals surface area contributed by atoms with Crippen LogP contribution in [-0.4, -0.2) is 25.2 Å². The van der Waals surface area contributed by atoms with E-state index >= 15 is 0 Å². The topological polar surface area (TPSA) is 67.6 Å². The maximum Gasteiger partial charge on any atom is 0.257 e. The number of hydrogen-bond donors (Lipinski definition) is 2. The van der Waals surface area contributed by atoms with Gasteiger partial charge in [-0.1, -0.05) is 18.2 Å². The third kappa shape index (κ3) is 2.56. The number of aromatic nitrogens is 4. The van der Waals surface area contributed by atoms with E-state index in [1.807, 2.05) is 42.2 Å². The highest BCUT2D eigenvalue weighted by Gasteiger charge is 2.27. The summed E-state index contributed by atoms with van der Waals surface area (Å²) in [7, 11) is 1.85. The van der Waals surface area contributed by atoms with Gasteiger partial charge in [0.15, 0.2) is 0 Å². The van der Waals surface area contributed by atoms with Gasteiger partial charge in [-0.3, -0.25) is 9.48 Å². The first-order valence-electron chi connectivity index (χ1n) is 9.28. The number of hydrogen-bond acceptors (Lipinski definition) is 2. The van der Waals surface area contributed by atoms with E-state index in [2.05, 4.69) is 33.6 Å². The van der Waals surface area contributed by atoms with Crippen molar-refractivity contribution in [2.45, 2.75) is 25.3 Å². The predicted octanol–water partition coefficient (Wildman–Crippen LogP) is 3.50. The van der Waals surface area contributed by atoms with Crippen molar-refractivity contribution in [1.82, 2.24) is 24.6 Å². The summed E-state index contributed by atoms with van der Waals surface area (Å²) in [6, 6.07) is 12.2. The van der Waals surface area contributed by atoms with Gasteiger partial charge < -0.3 is 14.9 Å². The third-order valence-corrected chi connectivity index (χ3v) is 5.42. The average molecular weight is 359 g/mol. The van der Waals surface area contributed by atoms with Crippen molar-refractivity contribution in [2.75, 3.05) is 0 Å². The summed E-state index contributed by atoms with van der Waals surface area (Å²) in [5.74, 6) is 0.675. The van der Waals surface area contributed by atoms with Crippen molar-refractivity contribution >= 4 is 16.8 Å². The first-order chi connectivity index (χ1) is 13.2. The monoisotopic (exact) mass is 359 g/mol. The smallest absolute Gasteiger partial charge is 0.257 e. The number of fused-ring (bicyclic) bond motifs is 3. The Balaban J connectivity index is 1.48. The van der Waals surface area contributed by atoms with Gasteiger partial charge in [0.05, 0.1) is 12.2 Å². The lowest BCUT2D eigenvalue weighted by Crippen LogP contribution is -2.31. The molecule has 6 heteroatoms. The number of H-pyrrole nitrogens is 1. The summed E-state index contributed by atoms with van der Waals surface area (Å²) >= 11 is 0. The van der Waals surface area contributed by atoms with Gasteiger partial charge in [-0.15, -0.1) is 0 Å². The van der Waals surface area contributed by atoms with Gasteiger partial charge in [0.25, 0.3) is 5.91 Å². The van der Waals surface area contributed by atoms with E-state index in [9.17, 15) is 4.79 Å². The molecule has 4 aromatic rings. The van der Waals surface area contributed by atoms with E-state index < -0.39 is 0 Å². The van der Waals surface area contributed by atoms with Gasteiger partial charge >= 0.3 is 0 Å². The number of nitrogens with zero attached hydrogens (tertiary/aromatic N) is 3. The van der Waals surface area contributed by atoms with Crippen LogP contribution < -0.4 is 5.32 Å². The maximum atomic E-state index is 13.1. The molecule has 6 nitrogen and oxygen atoms in total. The van der Waals surface area contributed by atoms with Crippen LogP contribution in [0.4, 0.5) is 0 Å². The van der Waals surface area contributed by atoms with Crippen molar-refractivity contribution in [1.29, 1.82) is 0 Å². The minimum absolute atomic E-state index is 0.00799. The van der Waals surface area contributed by atoms with Gasteiger partial charge in [-0.2, -0.15) is 5.10 Å². The molecule has 0 bridgehead atoms. The Hall–Kier alpha value is -3.28. The molecule has 0 spiro atoms. The second-order valence-corrected chi connectivity index (χ2v) is 7.08. The number of rotatable bonds is 3. The minimum Gasteiger partial charge on any atom is -0.356 e. The molecular formula is C21H21N5O. The Kier molecular flexibility index (Phi) is 3.63. The Bertz CT molecular complexity index is 1120. The lowest BCUT2D eigenvalue weighted by Gasteiger charge is -2.24. The predicted molar refractivity (Wildman–Crippen MR) is 104 cm³/mol. The lowest BCUT2D eigenvalue weighted by molar-refractivity contribution is 0.0932. The van der Waals surface area contributed by atoms with E-state index in [4.69, 9.17) is 0 Å². The van der Waals surface area contributed by atoms with Crippen LogP contribution in [-0.2, 0) is 13.5 Å². The number of carbonyl (C=O) groups excluding carboxylic acids is 1. The van der Waals surface area contributed by atoms with Gasteiger partial charge in [-0.25, -0.2) is 0 Å². The summed E-state index contributed by atoms with van der Waals surface area (Å²) in [5.41, 5.74) is 4.19. The lowest BCUT2D eigenvalue weighted by atomic mass is 9.91. The molecule has 1 atom stereocenters. The fourth-order valence-corrected chi connectivity index (χ4v) is 4.17. The largest absolute Gasteiger partial charge is 0.356 e. The van der Waals surface area contributed by atoms with Gasteiger partial charge in [0.1, 0.15) is 11.4 Å². The standard InChI is InChI=1S/C21H21N5O/c1-25-21(26-11-4-5-12-26)16(13-22-25)20(27)24-18-10-6-8-15-14-7-2-3-9-17(14)23-19(15)18/h2-5,7,9,11-13,18,23H,6,8,10H2,1H3,(H,24,27). The van der Waals surface area contributed by atoms with Crippen LogP contribution in [0, 0.1) is 0 Å². The first kappa shape index (κ1) is 15.9. The molecule has 2 N–H and O–H groups in total. The molecule has 1 aliphatic carbocycles. The van der Waals surface area contributed by atoms with Crippen LogP contribution in [0.1, 0.15) is 40.5 Å². The van der Waals surface area contributed by atoms with E-state index in [0.717, 1.165) is 36.3 Å². The van der Waals surface area contributed by atoms with E-state index in [1.54, 1.807) is 10.9 Å². The highest BCUT2D eigenvalue weighted by Crippen LogP contribution is 2.34. The second kappa shape index (κ2) is 6.16. The molecule has 1 unspecified atom stereocenters. The number of amides is 1. The zero-order valence-electron chi connectivity index (χ0n) is 15.1. The summed E-state index contributed by atoms with van der Waals surface area (Å²) < 4.78 is 3.64. The van der Waals surface area contributed by atoms with Crippen LogP contribution in [0.3, 0.4) is 0 Å². The molecule has 1 aliphatic rings. The van der Waals surface area contributed by atoms with Crippen LogP contribution in [0.15, 0.2) is 55.0 Å². The summed E-state index contributed by atoms with van der Waals surface area (Å²) in [6.07, 6.45) is 8.53. The number of nitrogens with one attached hydrogen (secondary N) is 2. The number of aromatic amines is 1. The van der Waals surface area contributed by atoms with Crippen LogP contribution in [0.25, 0.3) is 16.7 Å². The van der Waals surface area contributed by atoms with Crippen molar-refractivity contribution in [3.8, 4) is 5.82 Å². The molecule has 0 saturated heterocycles. The number of aryl methyl sites for hydroxylation is 2. The molecule has 0 radical (unpaired) electrons. The fraction of sp³-hybridized carbons (Fsp3) is 0.238. The Morgan fingerprint density at radius 1 is 1.22 bits per heavy atom. The van der Waals surface area contributed by atoms with E-state index in [-0.39, 0.29) is 11.9 Å². The van der Waals surface area contributed by atoms with Crippen molar-refractivity contribution < 1.29 is 4.79 Å². The van der Waals surface area contributed by atoms with Crippen molar-refractivity contribution in [2.24, 2.45) is 7.05 Å². The van der Waals surface area contributed by atoms with Crippen LogP contribution in [0.5, 0.6) is 0 Å². The number of carbonyl (C=O) groups is 1. The minimum atomic E-state index is -0.0942. The number of benzene rings is 1. The molecule has 1 aromatic carbocycles. The summed E-state index contributed by atoms with van der Waals surface area (Å²) in [5, 5.41) is 8.79. The SMILES string of the molecule is Cn1ncc(C(=O)NC2CCCc3c2[nH]c2ccccc32)c1-n1cccc1. The first-order valence-corrected chi connectivity index (χ1v) is 9.28. The van der Waals surface area contributed by atoms with Crippen molar-refractivity contribution in [3.05, 3.63) is 71.8 Å². The Morgan fingerprint density at radius 3 is 2.89 bits per heavy atom. The highest BCUT2D eigenvalue weighted by molar-refractivity contribution is 5.97. The second-order valence-electron chi connectivity index (χ2n) is 7.08. The molecule has 0 aliphatic heterocycles. The average Bonchev–Trinajstić information content (AvgIpc) is 3.39. The molecule has 0 fully saturated rings. The van der Waals surface area contributed by atoms with E-state index in [0.29, 0.717) is 5.56 Å². The summed E-state index contributed by atoms with van der Waals surface area (Å²) in [4.78, 5) is 16.6. The molecule has 3 aromatic heterocycles. The third-order valence-electron chi connectivity index (χ3n) is 5.42. The number of para-hydroxylation sites is 1. The molecule has 5 rings (SSSR count). The van der Waals surface area contributed by atoms with E-state index in [1.165, 1.54) is 10.9 Å². The molecule has 27 heavy (non-hydrogen) atoms. The Labute approximate surface area is 156 Å². The van der Waals surface area contributed by atoms with Gasteiger partial charge in [-0.05, 0) is 43.0 Å². The fourth-order valence-electron chi connectivity index (χ4n) is 4.17. The zero-order valence-corrected chi connectivity index (χ0v) is 15.1. The normalized spacial score (nSPS) is 16.4. The highest BCUT2D eigenvalue weighted by atomic mass is 16.1. The summed E-state index contributed by atoms with van der Waals surface area (Å²) in [6.45, 7) is 0. The Morgan fingerprint density at radius 2 is 2.04 bits per heavy atom. The van der Waals surface area contributed by atoms with Crippen LogP contribution in [0.2, 0.25) is 0 Å². The van der Waals surface area contributed by atoms with Crippen LogP contribution >= 0.6 is 0 Å².